The van der Waals surface area contributed by atoms with Crippen molar-refractivity contribution in [2.45, 2.75) is 6.61 Å². The molecule has 0 saturated heterocycles. The quantitative estimate of drug-likeness (QED) is 0.722. The fraction of sp³-hybridized carbons (Fsp3) is 0.0714. The molecule has 0 aliphatic rings. The molecule has 2 heterocycles. The van der Waals surface area contributed by atoms with E-state index in [2.05, 4.69) is 4.98 Å². The standard InChI is InChI=1S/C14H10Cl2N2O/c15-10-5-6-14-17-11(8-18(14)7-10)9-19-13-4-2-1-3-12(13)16/h1-8H,9H2. The molecule has 0 fully saturated rings. The van der Waals surface area contributed by atoms with Gasteiger partial charge in [-0.3, -0.25) is 0 Å². The van der Waals surface area contributed by atoms with Gasteiger partial charge in [0, 0.05) is 12.4 Å². The van der Waals surface area contributed by atoms with Crippen molar-refractivity contribution in [1.29, 1.82) is 0 Å². The molecular weight excluding hydrogens is 283 g/mol. The fourth-order valence-electron chi connectivity index (χ4n) is 1.80. The third-order valence-electron chi connectivity index (χ3n) is 2.68. The highest BCUT2D eigenvalue weighted by molar-refractivity contribution is 6.32. The maximum Gasteiger partial charge on any atom is 0.138 e. The first kappa shape index (κ1) is 12.3. The minimum Gasteiger partial charge on any atom is -0.486 e. The Hall–Kier alpha value is -1.71. The molecule has 0 N–H and O–H groups in total. The Morgan fingerprint density at radius 3 is 2.74 bits per heavy atom. The summed E-state index contributed by atoms with van der Waals surface area (Å²) in [5, 5.41) is 1.26. The van der Waals surface area contributed by atoms with Gasteiger partial charge in [-0.25, -0.2) is 4.98 Å². The number of para-hydroxylation sites is 1. The molecular formula is C14H10Cl2N2O. The molecule has 0 amide bonds. The molecule has 0 aliphatic heterocycles. The highest BCUT2D eigenvalue weighted by Gasteiger charge is 2.04. The number of hydrogen-bond acceptors (Lipinski definition) is 2. The lowest BCUT2D eigenvalue weighted by Crippen LogP contribution is -1.95. The van der Waals surface area contributed by atoms with Gasteiger partial charge in [0.25, 0.3) is 0 Å². The fourth-order valence-corrected chi connectivity index (χ4v) is 2.16. The van der Waals surface area contributed by atoms with Crippen LogP contribution in [0.5, 0.6) is 5.75 Å². The van der Waals surface area contributed by atoms with Crippen LogP contribution in [0.1, 0.15) is 5.69 Å². The van der Waals surface area contributed by atoms with Crippen LogP contribution in [0.4, 0.5) is 0 Å². The van der Waals surface area contributed by atoms with Crippen LogP contribution >= 0.6 is 23.2 Å². The molecule has 0 radical (unpaired) electrons. The normalized spacial score (nSPS) is 10.8. The van der Waals surface area contributed by atoms with Gasteiger partial charge in [-0.05, 0) is 24.3 Å². The first-order chi connectivity index (χ1) is 9.22. The van der Waals surface area contributed by atoms with Gasteiger partial charge in [-0.1, -0.05) is 35.3 Å². The van der Waals surface area contributed by atoms with Gasteiger partial charge in [0.1, 0.15) is 18.0 Å². The summed E-state index contributed by atoms with van der Waals surface area (Å²) in [4.78, 5) is 4.43. The number of aromatic nitrogens is 2. The van der Waals surface area contributed by atoms with E-state index < -0.39 is 0 Å². The molecule has 0 saturated carbocycles. The van der Waals surface area contributed by atoms with Crippen molar-refractivity contribution in [2.24, 2.45) is 0 Å². The summed E-state index contributed by atoms with van der Waals surface area (Å²) in [6.07, 6.45) is 3.70. The molecule has 0 bridgehead atoms. The van der Waals surface area contributed by atoms with Gasteiger partial charge in [-0.15, -0.1) is 0 Å². The van der Waals surface area contributed by atoms with E-state index in [1.807, 2.05) is 47.1 Å². The van der Waals surface area contributed by atoms with Crippen molar-refractivity contribution < 1.29 is 4.74 Å². The number of hydrogen-bond donors (Lipinski definition) is 0. The van der Waals surface area contributed by atoms with E-state index in [0.717, 1.165) is 11.3 Å². The van der Waals surface area contributed by atoms with Crippen LogP contribution < -0.4 is 4.74 Å². The first-order valence-electron chi connectivity index (χ1n) is 5.73. The third kappa shape index (κ3) is 2.67. The second-order valence-corrected chi connectivity index (χ2v) is 4.91. The van der Waals surface area contributed by atoms with E-state index in [1.54, 1.807) is 6.07 Å². The number of rotatable bonds is 3. The summed E-state index contributed by atoms with van der Waals surface area (Å²) in [7, 11) is 0. The number of imidazole rings is 1. The molecule has 0 unspecified atom stereocenters. The van der Waals surface area contributed by atoms with Gasteiger partial charge < -0.3 is 9.14 Å². The van der Waals surface area contributed by atoms with Crippen LogP contribution in [-0.2, 0) is 6.61 Å². The van der Waals surface area contributed by atoms with Crippen molar-refractivity contribution in [1.82, 2.24) is 9.38 Å². The van der Waals surface area contributed by atoms with Gasteiger partial charge in [0.05, 0.1) is 15.7 Å². The molecule has 0 spiro atoms. The van der Waals surface area contributed by atoms with E-state index in [-0.39, 0.29) is 0 Å². The van der Waals surface area contributed by atoms with Crippen LogP contribution in [-0.4, -0.2) is 9.38 Å². The molecule has 2 aromatic heterocycles. The highest BCUT2D eigenvalue weighted by atomic mass is 35.5. The Morgan fingerprint density at radius 1 is 1.05 bits per heavy atom. The zero-order chi connectivity index (χ0) is 13.2. The Kier molecular flexibility index (Phi) is 3.32. The van der Waals surface area contributed by atoms with Gasteiger partial charge in [-0.2, -0.15) is 0 Å². The molecule has 96 valence electrons. The Labute approximate surface area is 120 Å². The summed E-state index contributed by atoms with van der Waals surface area (Å²) >= 11 is 11.9. The molecule has 5 heteroatoms. The van der Waals surface area contributed by atoms with E-state index in [9.17, 15) is 0 Å². The van der Waals surface area contributed by atoms with Crippen LogP contribution in [0.25, 0.3) is 5.65 Å². The number of ether oxygens (including phenoxy) is 1. The number of halogens is 2. The average molecular weight is 293 g/mol. The molecule has 3 nitrogen and oxygen atoms in total. The van der Waals surface area contributed by atoms with E-state index >= 15 is 0 Å². The molecule has 0 aliphatic carbocycles. The molecule has 1 aromatic carbocycles. The minimum absolute atomic E-state index is 0.364. The largest absolute Gasteiger partial charge is 0.486 e. The van der Waals surface area contributed by atoms with Crippen molar-refractivity contribution in [3.63, 3.8) is 0 Å². The maximum absolute atomic E-state index is 6.02. The lowest BCUT2D eigenvalue weighted by molar-refractivity contribution is 0.302. The second-order valence-electron chi connectivity index (χ2n) is 4.06. The molecule has 19 heavy (non-hydrogen) atoms. The number of pyridine rings is 1. The number of nitrogens with zero attached hydrogens (tertiary/aromatic N) is 2. The second kappa shape index (κ2) is 5.11. The third-order valence-corrected chi connectivity index (χ3v) is 3.21. The van der Waals surface area contributed by atoms with Crippen LogP contribution in [0.15, 0.2) is 48.8 Å². The Morgan fingerprint density at radius 2 is 1.89 bits per heavy atom. The predicted molar refractivity (Wildman–Crippen MR) is 76.0 cm³/mol. The maximum atomic E-state index is 6.02. The SMILES string of the molecule is Clc1ccc2nc(COc3ccccc3Cl)cn2c1. The molecule has 3 aromatic rings. The van der Waals surface area contributed by atoms with Gasteiger partial charge >= 0.3 is 0 Å². The van der Waals surface area contributed by atoms with Crippen molar-refractivity contribution in [3.8, 4) is 5.75 Å². The highest BCUT2D eigenvalue weighted by Crippen LogP contribution is 2.24. The summed E-state index contributed by atoms with van der Waals surface area (Å²) in [5.41, 5.74) is 1.66. The summed E-state index contributed by atoms with van der Waals surface area (Å²) in [6.45, 7) is 0.364. The smallest absolute Gasteiger partial charge is 0.138 e. The molecule has 3 rings (SSSR count). The van der Waals surface area contributed by atoms with E-state index in [1.165, 1.54) is 0 Å². The molecule has 0 atom stereocenters. The van der Waals surface area contributed by atoms with Gasteiger partial charge in [0.2, 0.25) is 0 Å². The lowest BCUT2D eigenvalue weighted by Gasteiger charge is -2.05. The minimum atomic E-state index is 0.364. The zero-order valence-electron chi connectivity index (χ0n) is 9.88. The lowest BCUT2D eigenvalue weighted by atomic mass is 10.3. The Bertz CT molecular complexity index is 724. The Balaban J connectivity index is 1.80. The number of benzene rings is 1. The van der Waals surface area contributed by atoms with Crippen molar-refractivity contribution in [3.05, 3.63) is 64.5 Å². The topological polar surface area (TPSA) is 26.5 Å². The zero-order valence-corrected chi connectivity index (χ0v) is 11.4. The van der Waals surface area contributed by atoms with Crippen LogP contribution in [0.2, 0.25) is 10.0 Å². The monoisotopic (exact) mass is 292 g/mol. The predicted octanol–water partition coefficient (Wildman–Crippen LogP) is 4.22. The van der Waals surface area contributed by atoms with Gasteiger partial charge in [0.15, 0.2) is 0 Å². The first-order valence-corrected chi connectivity index (χ1v) is 6.48. The summed E-state index contributed by atoms with van der Waals surface area (Å²) in [5.74, 6) is 0.652. The summed E-state index contributed by atoms with van der Waals surface area (Å²) in [6, 6.07) is 11.0. The van der Waals surface area contributed by atoms with Crippen molar-refractivity contribution >= 4 is 28.8 Å². The van der Waals surface area contributed by atoms with Crippen LogP contribution in [0.3, 0.4) is 0 Å². The van der Waals surface area contributed by atoms with E-state index in [0.29, 0.717) is 22.4 Å². The van der Waals surface area contributed by atoms with E-state index in [4.69, 9.17) is 27.9 Å². The van der Waals surface area contributed by atoms with Crippen LogP contribution in [0, 0.1) is 0 Å². The van der Waals surface area contributed by atoms with Crippen molar-refractivity contribution in [2.75, 3.05) is 0 Å². The number of fused-ring (bicyclic) bond motifs is 1. The summed E-state index contributed by atoms with van der Waals surface area (Å²) < 4.78 is 7.51. The average Bonchev–Trinajstić information content (AvgIpc) is 2.79.